The quantitative estimate of drug-likeness (QED) is 0.887. The van der Waals surface area contributed by atoms with Gasteiger partial charge in [0.15, 0.2) is 0 Å². The van der Waals surface area contributed by atoms with Gasteiger partial charge in [0.1, 0.15) is 0 Å². The van der Waals surface area contributed by atoms with Crippen molar-refractivity contribution in [2.75, 3.05) is 6.61 Å². The molecule has 0 aromatic carbocycles. The average Bonchev–Trinajstić information content (AvgIpc) is 2.82. The number of hydrogen-bond donors (Lipinski definition) is 1. The van der Waals surface area contributed by atoms with E-state index in [2.05, 4.69) is 41.8 Å². The minimum Gasteiger partial charge on any atom is -0.373 e. The van der Waals surface area contributed by atoms with Crippen molar-refractivity contribution in [3.63, 3.8) is 0 Å². The van der Waals surface area contributed by atoms with Crippen LogP contribution in [0.3, 0.4) is 0 Å². The highest BCUT2D eigenvalue weighted by atomic mass is 79.9. The molecule has 0 spiro atoms. The van der Waals surface area contributed by atoms with E-state index in [9.17, 15) is 0 Å². The third-order valence-corrected chi connectivity index (χ3v) is 5.16. The minimum atomic E-state index is -0.239. The number of hydrogen-bond acceptors (Lipinski definition) is 3. The topological polar surface area (TPSA) is 53.1 Å². The van der Waals surface area contributed by atoms with Gasteiger partial charge in [-0.2, -0.15) is 5.10 Å². The predicted molar refractivity (Wildman–Crippen MR) is 84.5 cm³/mol. The molecule has 2 N–H and O–H groups in total. The molecule has 5 heteroatoms. The molecule has 1 fully saturated rings. The Labute approximate surface area is 130 Å². The van der Waals surface area contributed by atoms with Crippen LogP contribution in [-0.4, -0.2) is 22.0 Å². The first-order chi connectivity index (χ1) is 9.54. The van der Waals surface area contributed by atoms with Gasteiger partial charge in [0.2, 0.25) is 0 Å². The van der Waals surface area contributed by atoms with E-state index in [-0.39, 0.29) is 11.6 Å². The third kappa shape index (κ3) is 2.95. The summed E-state index contributed by atoms with van der Waals surface area (Å²) in [5, 5.41) is 4.39. The average molecular weight is 344 g/mol. The van der Waals surface area contributed by atoms with Crippen molar-refractivity contribution in [2.45, 2.75) is 64.6 Å². The molecule has 0 bridgehead atoms. The Balaban J connectivity index is 2.31. The highest BCUT2D eigenvalue weighted by Crippen LogP contribution is 2.43. The normalized spacial score (nSPS) is 28.6. The van der Waals surface area contributed by atoms with Gasteiger partial charge in [-0.3, -0.25) is 4.68 Å². The Morgan fingerprint density at radius 1 is 1.50 bits per heavy atom. The SMILES string of the molecule is CCOC1(C(N)c2c(Br)cnn2CC)CCC(C)CC1. The Kier molecular flexibility index (Phi) is 5.26. The minimum absolute atomic E-state index is 0.133. The predicted octanol–water partition coefficient (Wildman–Crippen LogP) is 3.65. The second kappa shape index (κ2) is 6.58. The zero-order chi connectivity index (χ0) is 14.8. The summed E-state index contributed by atoms with van der Waals surface area (Å²) in [4.78, 5) is 0. The van der Waals surface area contributed by atoms with Crippen LogP contribution in [0.1, 0.15) is 58.2 Å². The van der Waals surface area contributed by atoms with Gasteiger partial charge in [0.25, 0.3) is 0 Å². The lowest BCUT2D eigenvalue weighted by molar-refractivity contribution is -0.0912. The first-order valence-corrected chi connectivity index (χ1v) is 8.44. The van der Waals surface area contributed by atoms with Gasteiger partial charge in [0.05, 0.1) is 28.0 Å². The highest BCUT2D eigenvalue weighted by molar-refractivity contribution is 9.10. The van der Waals surface area contributed by atoms with Gasteiger partial charge in [-0.15, -0.1) is 0 Å². The molecule has 1 heterocycles. The molecule has 0 saturated heterocycles. The van der Waals surface area contributed by atoms with Crippen LogP contribution in [0.25, 0.3) is 0 Å². The summed E-state index contributed by atoms with van der Waals surface area (Å²) < 4.78 is 9.14. The Morgan fingerprint density at radius 2 is 2.15 bits per heavy atom. The number of halogens is 1. The van der Waals surface area contributed by atoms with Crippen molar-refractivity contribution in [1.82, 2.24) is 9.78 Å². The first kappa shape index (κ1) is 16.0. The molecule has 0 radical (unpaired) electrons. The van der Waals surface area contributed by atoms with Crippen molar-refractivity contribution in [3.8, 4) is 0 Å². The zero-order valence-electron chi connectivity index (χ0n) is 12.7. The molecule has 1 aromatic rings. The lowest BCUT2D eigenvalue weighted by atomic mass is 9.74. The van der Waals surface area contributed by atoms with E-state index < -0.39 is 0 Å². The number of nitrogens with two attached hydrogens (primary N) is 1. The Bertz CT molecular complexity index is 438. The van der Waals surface area contributed by atoms with Crippen LogP contribution in [0, 0.1) is 5.92 Å². The largest absolute Gasteiger partial charge is 0.373 e. The second-order valence-corrected chi connectivity index (χ2v) is 6.71. The van der Waals surface area contributed by atoms with Crippen molar-refractivity contribution in [1.29, 1.82) is 0 Å². The number of aryl methyl sites for hydroxylation is 1. The van der Waals surface area contributed by atoms with E-state index >= 15 is 0 Å². The van der Waals surface area contributed by atoms with E-state index in [1.165, 1.54) is 12.8 Å². The van der Waals surface area contributed by atoms with Crippen LogP contribution in [0.4, 0.5) is 0 Å². The van der Waals surface area contributed by atoms with Gasteiger partial charge in [-0.1, -0.05) is 6.92 Å². The summed E-state index contributed by atoms with van der Waals surface area (Å²) in [6, 6.07) is -0.133. The molecule has 1 aromatic heterocycles. The van der Waals surface area contributed by atoms with E-state index in [1.54, 1.807) is 0 Å². The maximum absolute atomic E-state index is 6.64. The summed E-state index contributed by atoms with van der Waals surface area (Å²) >= 11 is 3.59. The fourth-order valence-corrected chi connectivity index (χ4v) is 3.81. The van der Waals surface area contributed by atoms with Crippen molar-refractivity contribution >= 4 is 15.9 Å². The summed E-state index contributed by atoms with van der Waals surface area (Å²) in [7, 11) is 0. The Morgan fingerprint density at radius 3 is 2.70 bits per heavy atom. The number of nitrogens with zero attached hydrogens (tertiary/aromatic N) is 2. The smallest absolute Gasteiger partial charge is 0.0889 e. The molecule has 1 aliphatic carbocycles. The standard InChI is InChI=1S/C15H26BrN3O/c1-4-19-13(12(16)10-18-19)14(17)15(20-5-2)8-6-11(3)7-9-15/h10-11,14H,4-9,17H2,1-3H3. The molecule has 1 aliphatic rings. The zero-order valence-corrected chi connectivity index (χ0v) is 14.3. The molecule has 2 rings (SSSR count). The molecule has 1 saturated carbocycles. The van der Waals surface area contributed by atoms with Crippen molar-refractivity contribution < 1.29 is 4.74 Å². The molecular weight excluding hydrogens is 318 g/mol. The van der Waals surface area contributed by atoms with E-state index in [0.717, 1.165) is 35.5 Å². The number of aromatic nitrogens is 2. The van der Waals surface area contributed by atoms with Crippen LogP contribution in [-0.2, 0) is 11.3 Å². The monoisotopic (exact) mass is 343 g/mol. The molecule has 0 aliphatic heterocycles. The van der Waals surface area contributed by atoms with Crippen LogP contribution in [0.15, 0.2) is 10.7 Å². The summed E-state index contributed by atoms with van der Waals surface area (Å²) in [6.45, 7) is 7.99. The van der Waals surface area contributed by atoms with Crippen LogP contribution >= 0.6 is 15.9 Å². The molecule has 20 heavy (non-hydrogen) atoms. The van der Waals surface area contributed by atoms with Gasteiger partial charge in [-0.25, -0.2) is 0 Å². The van der Waals surface area contributed by atoms with Gasteiger partial charge < -0.3 is 10.5 Å². The lowest BCUT2D eigenvalue weighted by Gasteiger charge is -2.43. The van der Waals surface area contributed by atoms with E-state index in [4.69, 9.17) is 10.5 Å². The van der Waals surface area contributed by atoms with Crippen LogP contribution in [0.5, 0.6) is 0 Å². The second-order valence-electron chi connectivity index (χ2n) is 5.85. The summed E-state index contributed by atoms with van der Waals surface area (Å²) in [5.74, 6) is 0.773. The van der Waals surface area contributed by atoms with Crippen molar-refractivity contribution in [2.24, 2.45) is 11.7 Å². The van der Waals surface area contributed by atoms with E-state index in [0.29, 0.717) is 6.61 Å². The lowest BCUT2D eigenvalue weighted by Crippen LogP contribution is -2.47. The van der Waals surface area contributed by atoms with Gasteiger partial charge in [0, 0.05) is 13.2 Å². The highest BCUT2D eigenvalue weighted by Gasteiger charge is 2.43. The fraction of sp³-hybridized carbons (Fsp3) is 0.800. The third-order valence-electron chi connectivity index (χ3n) is 4.55. The molecule has 1 unspecified atom stereocenters. The van der Waals surface area contributed by atoms with E-state index in [1.807, 2.05) is 10.9 Å². The molecule has 114 valence electrons. The summed E-state index contributed by atoms with van der Waals surface area (Å²) in [5.41, 5.74) is 7.47. The maximum atomic E-state index is 6.64. The molecule has 4 nitrogen and oxygen atoms in total. The maximum Gasteiger partial charge on any atom is 0.0889 e. The molecular formula is C15H26BrN3O. The molecule has 1 atom stereocenters. The van der Waals surface area contributed by atoms with Crippen LogP contribution < -0.4 is 5.73 Å². The summed E-state index contributed by atoms with van der Waals surface area (Å²) in [6.07, 6.45) is 6.27. The first-order valence-electron chi connectivity index (χ1n) is 7.64. The van der Waals surface area contributed by atoms with Crippen molar-refractivity contribution in [3.05, 3.63) is 16.4 Å². The van der Waals surface area contributed by atoms with Gasteiger partial charge >= 0.3 is 0 Å². The number of rotatable bonds is 5. The van der Waals surface area contributed by atoms with Crippen LogP contribution in [0.2, 0.25) is 0 Å². The number of ether oxygens (including phenoxy) is 1. The van der Waals surface area contributed by atoms with Gasteiger partial charge in [-0.05, 0) is 61.4 Å². The molecule has 0 amide bonds. The fourth-order valence-electron chi connectivity index (χ4n) is 3.27. The Hall–Kier alpha value is -0.390.